The molecule has 0 radical (unpaired) electrons. The van der Waals surface area contributed by atoms with E-state index in [9.17, 15) is 9.90 Å². The van der Waals surface area contributed by atoms with Crippen LogP contribution in [0.15, 0.2) is 42.5 Å². The summed E-state index contributed by atoms with van der Waals surface area (Å²) in [5.74, 6) is 1.81. The Morgan fingerprint density at radius 1 is 0.941 bits per heavy atom. The van der Waals surface area contributed by atoms with Crippen molar-refractivity contribution < 1.29 is 9.90 Å². The first-order valence-electron chi connectivity index (χ1n) is 12.4. The van der Waals surface area contributed by atoms with E-state index < -0.39 is 0 Å². The quantitative estimate of drug-likeness (QED) is 0.625. The third-order valence-electron chi connectivity index (χ3n) is 7.00. The first-order chi connectivity index (χ1) is 16.6. The Hall–Kier alpha value is -3.19. The van der Waals surface area contributed by atoms with Gasteiger partial charge in [0, 0.05) is 44.5 Å². The number of fused-ring (bicyclic) bond motifs is 1. The van der Waals surface area contributed by atoms with Crippen LogP contribution in [-0.4, -0.2) is 76.6 Å². The van der Waals surface area contributed by atoms with Gasteiger partial charge in [0.1, 0.15) is 11.6 Å². The number of anilines is 1. The average Bonchev–Trinajstić information content (AvgIpc) is 2.87. The highest BCUT2D eigenvalue weighted by Gasteiger charge is 2.25. The lowest BCUT2D eigenvalue weighted by molar-refractivity contribution is -0.131. The van der Waals surface area contributed by atoms with Gasteiger partial charge in [0.2, 0.25) is 5.91 Å². The van der Waals surface area contributed by atoms with Gasteiger partial charge in [-0.25, -0.2) is 9.97 Å². The molecule has 7 nitrogen and oxygen atoms in total. The van der Waals surface area contributed by atoms with Crippen molar-refractivity contribution >= 4 is 22.6 Å². The lowest BCUT2D eigenvalue weighted by Crippen LogP contribution is -2.49. The number of phenolic OH excluding ortho intramolecular Hbond substituents is 1. The number of carbonyl (C=O) groups is 1. The van der Waals surface area contributed by atoms with E-state index in [-0.39, 0.29) is 11.7 Å². The Bertz CT molecular complexity index is 1170. The Balaban J connectivity index is 1.33. The normalized spacial score (nSPS) is 17.3. The summed E-state index contributed by atoms with van der Waals surface area (Å²) in [5, 5.41) is 11.4. The first-order valence-corrected chi connectivity index (χ1v) is 12.4. The third-order valence-corrected chi connectivity index (χ3v) is 7.00. The standard InChI is InChI=1S/C27H33N5O2/c1-20-9-10-21-23(19-20)28-26(22-7-3-4-8-24(22)33)29-27(21)32-17-15-31(16-18-32)25(34)11-14-30-12-5-2-6-13-30/h3-4,7-10,19,33H,2,5-6,11-18H2,1H3. The number of aromatic nitrogens is 2. The molecule has 0 unspecified atom stereocenters. The van der Waals surface area contributed by atoms with Gasteiger partial charge in [0.25, 0.3) is 0 Å². The minimum Gasteiger partial charge on any atom is -0.507 e. The summed E-state index contributed by atoms with van der Waals surface area (Å²) in [6, 6.07) is 13.4. The van der Waals surface area contributed by atoms with Crippen molar-refractivity contribution in [2.24, 2.45) is 0 Å². The fourth-order valence-corrected chi connectivity index (χ4v) is 5.01. The number of piperazine rings is 1. The lowest BCUT2D eigenvalue weighted by atomic mass is 10.1. The maximum atomic E-state index is 12.8. The summed E-state index contributed by atoms with van der Waals surface area (Å²) in [4.78, 5) is 29.2. The summed E-state index contributed by atoms with van der Waals surface area (Å²) in [6.45, 7) is 8.03. The second-order valence-electron chi connectivity index (χ2n) is 9.43. The molecule has 3 heterocycles. The van der Waals surface area contributed by atoms with Crippen molar-refractivity contribution in [3.8, 4) is 17.1 Å². The topological polar surface area (TPSA) is 72.8 Å². The number of amides is 1. The van der Waals surface area contributed by atoms with E-state index in [1.54, 1.807) is 12.1 Å². The molecule has 2 aliphatic rings. The molecule has 2 aliphatic heterocycles. The number of aryl methyl sites for hydroxylation is 1. The number of rotatable bonds is 5. The van der Waals surface area contributed by atoms with Crippen LogP contribution in [0.3, 0.4) is 0 Å². The van der Waals surface area contributed by atoms with Crippen LogP contribution in [0, 0.1) is 6.92 Å². The molecule has 2 fully saturated rings. The largest absolute Gasteiger partial charge is 0.507 e. The second kappa shape index (κ2) is 9.97. The molecule has 2 saturated heterocycles. The van der Waals surface area contributed by atoms with Crippen LogP contribution in [0.1, 0.15) is 31.2 Å². The van der Waals surface area contributed by atoms with E-state index in [0.717, 1.165) is 55.0 Å². The van der Waals surface area contributed by atoms with Crippen LogP contribution in [0.2, 0.25) is 0 Å². The molecule has 0 saturated carbocycles. The van der Waals surface area contributed by atoms with Gasteiger partial charge in [-0.15, -0.1) is 0 Å². The number of aromatic hydroxyl groups is 1. The zero-order valence-electron chi connectivity index (χ0n) is 19.9. The number of para-hydroxylation sites is 1. The Morgan fingerprint density at radius 3 is 2.47 bits per heavy atom. The second-order valence-corrected chi connectivity index (χ2v) is 9.43. The van der Waals surface area contributed by atoms with Crippen LogP contribution in [-0.2, 0) is 4.79 Å². The Morgan fingerprint density at radius 2 is 1.71 bits per heavy atom. The van der Waals surface area contributed by atoms with E-state index in [1.165, 1.54) is 19.3 Å². The summed E-state index contributed by atoms with van der Waals surface area (Å²) >= 11 is 0. The van der Waals surface area contributed by atoms with Gasteiger partial charge >= 0.3 is 0 Å². The van der Waals surface area contributed by atoms with Gasteiger partial charge < -0.3 is 19.8 Å². The molecule has 1 N–H and O–H groups in total. The van der Waals surface area contributed by atoms with Crippen molar-refractivity contribution in [3.63, 3.8) is 0 Å². The molecule has 7 heteroatoms. The van der Waals surface area contributed by atoms with Gasteiger partial charge in [-0.2, -0.15) is 0 Å². The molecule has 0 bridgehead atoms. The summed E-state index contributed by atoms with van der Waals surface area (Å²) in [6.07, 6.45) is 4.42. The van der Waals surface area contributed by atoms with Crippen molar-refractivity contribution in [2.75, 3.05) is 50.7 Å². The monoisotopic (exact) mass is 459 g/mol. The number of phenols is 1. The number of piperidine rings is 1. The summed E-state index contributed by atoms with van der Waals surface area (Å²) in [5.41, 5.74) is 2.62. The first kappa shape index (κ1) is 22.6. The number of hydrogen-bond acceptors (Lipinski definition) is 6. The predicted octanol–water partition coefficient (Wildman–Crippen LogP) is 3.84. The number of benzene rings is 2. The van der Waals surface area contributed by atoms with E-state index in [4.69, 9.17) is 9.97 Å². The van der Waals surface area contributed by atoms with Gasteiger partial charge in [-0.05, 0) is 62.7 Å². The maximum absolute atomic E-state index is 12.8. The highest BCUT2D eigenvalue weighted by molar-refractivity contribution is 5.92. The van der Waals surface area contributed by atoms with Crippen LogP contribution in [0.5, 0.6) is 5.75 Å². The Labute approximate surface area is 201 Å². The van der Waals surface area contributed by atoms with E-state index >= 15 is 0 Å². The van der Waals surface area contributed by atoms with Crippen molar-refractivity contribution in [1.29, 1.82) is 0 Å². The van der Waals surface area contributed by atoms with Crippen molar-refractivity contribution in [1.82, 2.24) is 19.8 Å². The molecule has 0 aliphatic carbocycles. The summed E-state index contributed by atoms with van der Waals surface area (Å²) < 4.78 is 0. The van der Waals surface area contributed by atoms with Crippen LogP contribution in [0.25, 0.3) is 22.3 Å². The lowest BCUT2D eigenvalue weighted by Gasteiger charge is -2.36. The number of hydrogen-bond donors (Lipinski definition) is 1. The van der Waals surface area contributed by atoms with Crippen molar-refractivity contribution in [2.45, 2.75) is 32.6 Å². The molecule has 178 valence electrons. The van der Waals surface area contributed by atoms with Gasteiger partial charge in [-0.1, -0.05) is 24.6 Å². The molecule has 1 aromatic heterocycles. The minimum absolute atomic E-state index is 0.171. The third kappa shape index (κ3) is 4.85. The van der Waals surface area contributed by atoms with Gasteiger partial charge in [0.15, 0.2) is 5.82 Å². The molecule has 1 amide bonds. The number of likely N-dealkylation sites (tertiary alicyclic amines) is 1. The highest BCUT2D eigenvalue weighted by atomic mass is 16.3. The predicted molar refractivity (Wildman–Crippen MR) is 135 cm³/mol. The van der Waals surface area contributed by atoms with E-state index in [2.05, 4.69) is 34.9 Å². The SMILES string of the molecule is Cc1ccc2c(N3CCN(C(=O)CCN4CCCCC4)CC3)nc(-c3ccccc3O)nc2c1. The van der Waals surface area contributed by atoms with Gasteiger partial charge in [0.05, 0.1) is 11.1 Å². The molecule has 5 rings (SSSR count). The molecular formula is C27H33N5O2. The average molecular weight is 460 g/mol. The zero-order valence-corrected chi connectivity index (χ0v) is 19.9. The fourth-order valence-electron chi connectivity index (χ4n) is 5.01. The van der Waals surface area contributed by atoms with Crippen LogP contribution < -0.4 is 4.90 Å². The van der Waals surface area contributed by atoms with E-state index in [1.807, 2.05) is 17.0 Å². The highest BCUT2D eigenvalue weighted by Crippen LogP contribution is 2.32. The maximum Gasteiger partial charge on any atom is 0.223 e. The smallest absolute Gasteiger partial charge is 0.223 e. The zero-order chi connectivity index (χ0) is 23.5. The molecular weight excluding hydrogens is 426 g/mol. The molecule has 0 atom stereocenters. The van der Waals surface area contributed by atoms with Crippen LogP contribution >= 0.6 is 0 Å². The number of nitrogens with zero attached hydrogens (tertiary/aromatic N) is 5. The molecule has 2 aromatic carbocycles. The summed E-state index contributed by atoms with van der Waals surface area (Å²) in [7, 11) is 0. The van der Waals surface area contributed by atoms with Gasteiger partial charge in [-0.3, -0.25) is 4.79 Å². The van der Waals surface area contributed by atoms with E-state index in [0.29, 0.717) is 30.9 Å². The fraction of sp³-hybridized carbons (Fsp3) is 0.444. The molecule has 3 aromatic rings. The van der Waals surface area contributed by atoms with Crippen LogP contribution in [0.4, 0.5) is 5.82 Å². The Kier molecular flexibility index (Phi) is 6.63. The van der Waals surface area contributed by atoms with Crippen molar-refractivity contribution in [3.05, 3.63) is 48.0 Å². The molecule has 0 spiro atoms. The minimum atomic E-state index is 0.171. The number of carbonyl (C=O) groups excluding carboxylic acids is 1. The molecule has 34 heavy (non-hydrogen) atoms.